The van der Waals surface area contributed by atoms with Crippen molar-refractivity contribution in [3.05, 3.63) is 93.5 Å². The lowest BCUT2D eigenvalue weighted by Gasteiger charge is -2.12. The van der Waals surface area contributed by atoms with Crippen molar-refractivity contribution in [2.45, 2.75) is 6.42 Å². The van der Waals surface area contributed by atoms with E-state index >= 15 is 0 Å². The fourth-order valence-corrected chi connectivity index (χ4v) is 2.42. The summed E-state index contributed by atoms with van der Waals surface area (Å²) in [5, 5.41) is 20.7. The summed E-state index contributed by atoms with van der Waals surface area (Å²) in [5.41, 5.74) is 0.692. The molecule has 0 fully saturated rings. The van der Waals surface area contributed by atoms with E-state index in [2.05, 4.69) is 0 Å². The van der Waals surface area contributed by atoms with E-state index in [4.69, 9.17) is 4.74 Å². The molecule has 3 rings (SSSR count). The van der Waals surface area contributed by atoms with Crippen LogP contribution in [0.3, 0.4) is 0 Å². The van der Waals surface area contributed by atoms with E-state index in [1.165, 1.54) is 54.6 Å². The van der Waals surface area contributed by atoms with Gasteiger partial charge in [-0.15, -0.1) is 0 Å². The summed E-state index contributed by atoms with van der Waals surface area (Å²) in [6.45, 7) is 0. The molecular weight excluding hydrogens is 344 g/mol. The highest BCUT2D eigenvalue weighted by molar-refractivity contribution is 5.48. The van der Waals surface area contributed by atoms with Crippen molar-refractivity contribution >= 4 is 5.69 Å². The molecular formula is C19H13F2NO4. The van der Waals surface area contributed by atoms with Gasteiger partial charge in [-0.3, -0.25) is 10.1 Å². The highest BCUT2D eigenvalue weighted by Gasteiger charge is 2.17. The summed E-state index contributed by atoms with van der Waals surface area (Å²) in [4.78, 5) is 10.2. The number of non-ortho nitro benzene ring substituents is 1. The first-order chi connectivity index (χ1) is 12.4. The predicted molar refractivity (Wildman–Crippen MR) is 90.4 cm³/mol. The van der Waals surface area contributed by atoms with Gasteiger partial charge in [0.2, 0.25) is 5.75 Å². The fourth-order valence-electron chi connectivity index (χ4n) is 2.42. The number of aromatic hydroxyl groups is 1. The van der Waals surface area contributed by atoms with Crippen LogP contribution in [0.2, 0.25) is 0 Å². The molecule has 0 aliphatic rings. The van der Waals surface area contributed by atoms with Crippen LogP contribution in [0.5, 0.6) is 17.2 Å². The number of halogens is 2. The molecule has 7 heteroatoms. The van der Waals surface area contributed by atoms with Crippen LogP contribution in [0.4, 0.5) is 14.5 Å². The van der Waals surface area contributed by atoms with Gasteiger partial charge in [0.1, 0.15) is 11.6 Å². The normalized spacial score (nSPS) is 10.5. The minimum absolute atomic E-state index is 0.0207. The molecule has 0 aliphatic heterocycles. The van der Waals surface area contributed by atoms with Crippen LogP contribution >= 0.6 is 0 Å². The number of phenolic OH excluding ortho intramolecular Hbond substituents is 1. The van der Waals surface area contributed by atoms with Gasteiger partial charge in [-0.2, -0.15) is 0 Å². The van der Waals surface area contributed by atoms with Gasteiger partial charge in [0, 0.05) is 12.5 Å². The Labute approximate surface area is 147 Å². The van der Waals surface area contributed by atoms with Gasteiger partial charge in [0.05, 0.1) is 11.0 Å². The predicted octanol–water partition coefficient (Wildman–Crippen LogP) is 4.96. The molecule has 0 unspecified atom stereocenters. The lowest BCUT2D eigenvalue weighted by molar-refractivity contribution is -0.384. The molecule has 132 valence electrons. The van der Waals surface area contributed by atoms with E-state index in [1.54, 1.807) is 0 Å². The van der Waals surface area contributed by atoms with Crippen molar-refractivity contribution in [2.75, 3.05) is 0 Å². The molecule has 0 amide bonds. The summed E-state index contributed by atoms with van der Waals surface area (Å²) in [5.74, 6) is -2.02. The largest absolute Gasteiger partial charge is 0.504 e. The van der Waals surface area contributed by atoms with Crippen LogP contribution in [0, 0.1) is 21.7 Å². The molecule has 5 nitrogen and oxygen atoms in total. The zero-order valence-electron chi connectivity index (χ0n) is 13.4. The summed E-state index contributed by atoms with van der Waals surface area (Å²) >= 11 is 0. The van der Waals surface area contributed by atoms with Crippen molar-refractivity contribution in [3.8, 4) is 17.2 Å². The molecule has 0 aliphatic carbocycles. The Bertz CT molecular complexity index is 958. The fraction of sp³-hybridized carbons (Fsp3) is 0.0526. The van der Waals surface area contributed by atoms with Crippen LogP contribution in [-0.2, 0) is 6.42 Å². The highest BCUT2D eigenvalue weighted by atomic mass is 19.1. The third-order valence-corrected chi connectivity index (χ3v) is 3.71. The van der Waals surface area contributed by atoms with Gasteiger partial charge in [-0.25, -0.2) is 8.78 Å². The maximum absolute atomic E-state index is 14.8. The van der Waals surface area contributed by atoms with Crippen molar-refractivity contribution in [1.29, 1.82) is 0 Å². The molecule has 3 aromatic rings. The standard InChI is InChI=1S/C19H13F2NO4/c20-14-7-4-12(5-8-14)10-13-6-9-17(23)19(18(13)21)26-16-3-1-2-15(11-16)22(24)25/h1-9,11,23H,10H2. The van der Waals surface area contributed by atoms with Crippen LogP contribution in [0.15, 0.2) is 60.7 Å². The molecule has 0 bridgehead atoms. The third-order valence-electron chi connectivity index (χ3n) is 3.71. The second kappa shape index (κ2) is 7.18. The summed E-state index contributed by atoms with van der Waals surface area (Å²) < 4.78 is 33.1. The Balaban J connectivity index is 1.91. The Morgan fingerprint density at radius 2 is 1.77 bits per heavy atom. The summed E-state index contributed by atoms with van der Waals surface area (Å²) in [6, 6.07) is 13.5. The van der Waals surface area contributed by atoms with Gasteiger partial charge in [0.15, 0.2) is 11.6 Å². The number of rotatable bonds is 5. The second-order valence-electron chi connectivity index (χ2n) is 5.55. The van der Waals surface area contributed by atoms with Crippen LogP contribution in [0.1, 0.15) is 11.1 Å². The quantitative estimate of drug-likeness (QED) is 0.517. The van der Waals surface area contributed by atoms with Crippen LogP contribution in [0.25, 0.3) is 0 Å². The van der Waals surface area contributed by atoms with E-state index in [0.29, 0.717) is 5.56 Å². The van der Waals surface area contributed by atoms with Gasteiger partial charge in [-0.05, 0) is 35.4 Å². The Hall–Kier alpha value is -3.48. The summed E-state index contributed by atoms with van der Waals surface area (Å²) in [7, 11) is 0. The number of nitrogens with zero attached hydrogens (tertiary/aromatic N) is 1. The Morgan fingerprint density at radius 1 is 1.04 bits per heavy atom. The van der Waals surface area contributed by atoms with E-state index in [0.717, 1.165) is 6.07 Å². The minimum Gasteiger partial charge on any atom is -0.504 e. The average molecular weight is 357 g/mol. The Kier molecular flexibility index (Phi) is 4.79. The number of hydrogen-bond acceptors (Lipinski definition) is 4. The second-order valence-corrected chi connectivity index (χ2v) is 5.55. The number of nitro groups is 1. The Morgan fingerprint density at radius 3 is 2.46 bits per heavy atom. The number of ether oxygens (including phenoxy) is 1. The maximum Gasteiger partial charge on any atom is 0.273 e. The van der Waals surface area contributed by atoms with E-state index in [-0.39, 0.29) is 23.4 Å². The molecule has 3 aromatic carbocycles. The first-order valence-electron chi connectivity index (χ1n) is 7.61. The molecule has 0 saturated carbocycles. The zero-order chi connectivity index (χ0) is 18.7. The lowest BCUT2D eigenvalue weighted by Crippen LogP contribution is -1.97. The third kappa shape index (κ3) is 3.77. The molecule has 0 heterocycles. The smallest absolute Gasteiger partial charge is 0.273 e. The van der Waals surface area contributed by atoms with Crippen molar-refractivity contribution in [3.63, 3.8) is 0 Å². The average Bonchev–Trinajstić information content (AvgIpc) is 2.63. The number of nitro benzene ring substituents is 1. The molecule has 0 radical (unpaired) electrons. The highest BCUT2D eigenvalue weighted by Crippen LogP contribution is 2.36. The van der Waals surface area contributed by atoms with Crippen LogP contribution < -0.4 is 4.74 Å². The molecule has 1 N–H and O–H groups in total. The first-order valence-corrected chi connectivity index (χ1v) is 7.61. The number of benzene rings is 3. The molecule has 0 atom stereocenters. The van der Waals surface area contributed by atoms with Crippen LogP contribution in [-0.4, -0.2) is 10.0 Å². The SMILES string of the molecule is O=[N+]([O-])c1cccc(Oc2c(O)ccc(Cc3ccc(F)cc3)c2F)c1. The van der Waals surface area contributed by atoms with E-state index in [9.17, 15) is 24.0 Å². The van der Waals surface area contributed by atoms with E-state index < -0.39 is 28.1 Å². The molecule has 26 heavy (non-hydrogen) atoms. The maximum atomic E-state index is 14.8. The van der Waals surface area contributed by atoms with Crippen molar-refractivity contribution < 1.29 is 23.5 Å². The summed E-state index contributed by atoms with van der Waals surface area (Å²) in [6.07, 6.45) is 0.164. The first kappa shape index (κ1) is 17.3. The van der Waals surface area contributed by atoms with Gasteiger partial charge < -0.3 is 9.84 Å². The topological polar surface area (TPSA) is 72.6 Å². The zero-order valence-corrected chi connectivity index (χ0v) is 13.4. The minimum atomic E-state index is -0.791. The van der Waals surface area contributed by atoms with Gasteiger partial charge >= 0.3 is 0 Å². The van der Waals surface area contributed by atoms with Crippen molar-refractivity contribution in [1.82, 2.24) is 0 Å². The van der Waals surface area contributed by atoms with E-state index in [1.807, 2.05) is 0 Å². The number of hydrogen-bond donors (Lipinski definition) is 1. The molecule has 0 spiro atoms. The number of phenols is 1. The van der Waals surface area contributed by atoms with Gasteiger partial charge in [-0.1, -0.05) is 24.3 Å². The monoisotopic (exact) mass is 357 g/mol. The molecule has 0 aromatic heterocycles. The molecule has 0 saturated heterocycles. The van der Waals surface area contributed by atoms with Crippen molar-refractivity contribution in [2.24, 2.45) is 0 Å². The lowest BCUT2D eigenvalue weighted by atomic mass is 10.0. The van der Waals surface area contributed by atoms with Gasteiger partial charge in [0.25, 0.3) is 5.69 Å².